The lowest BCUT2D eigenvalue weighted by atomic mass is 9.90. The number of nitrogens with zero attached hydrogens (tertiary/aromatic N) is 2. The molecule has 2 aromatic rings. The molecule has 0 aliphatic rings. The monoisotopic (exact) mass is 494 g/mol. The Labute approximate surface area is 220 Å². The van der Waals surface area contributed by atoms with E-state index < -0.39 is 0 Å². The molecule has 0 heterocycles. The summed E-state index contributed by atoms with van der Waals surface area (Å²) >= 11 is 0. The van der Waals surface area contributed by atoms with Crippen LogP contribution in [0.15, 0.2) is 36.4 Å². The third kappa shape index (κ3) is 7.36. The number of phenols is 2. The molecule has 2 N–H and O–H groups in total. The van der Waals surface area contributed by atoms with Crippen molar-refractivity contribution in [2.45, 2.75) is 119 Å². The Morgan fingerprint density at radius 3 is 1.11 bits per heavy atom. The smallest absolute Gasteiger partial charge is 0.120 e. The van der Waals surface area contributed by atoms with Gasteiger partial charge in [-0.3, -0.25) is 9.80 Å². The third-order valence-electron chi connectivity index (χ3n) is 7.30. The minimum Gasteiger partial charge on any atom is -0.508 e. The molecule has 2 rings (SSSR count). The van der Waals surface area contributed by atoms with Crippen LogP contribution in [0.4, 0.5) is 0 Å². The van der Waals surface area contributed by atoms with Gasteiger partial charge in [0, 0.05) is 48.4 Å². The molecule has 0 aromatic heterocycles. The standard InChI is InChI=1S/C32H50N2O2/c1-11-29(25-13-15-27(31(35)17-25)19-33(21(3)4)22(5)6)30(12-2)26-14-16-28(32(36)18-26)20-34(23(7)8)24(9)10/h13-18,21-24,35-36H,11-12,19-20H2,1-10H3/b30-29+. The molecule has 0 fully saturated rings. The van der Waals surface area contributed by atoms with Crippen molar-refractivity contribution in [3.63, 3.8) is 0 Å². The summed E-state index contributed by atoms with van der Waals surface area (Å²) in [6.45, 7) is 23.3. The Balaban J connectivity index is 2.43. The second-order valence-corrected chi connectivity index (χ2v) is 11.1. The van der Waals surface area contributed by atoms with Gasteiger partial charge in [-0.05, 0) is 103 Å². The Bertz CT molecular complexity index is 923. The van der Waals surface area contributed by atoms with Crippen LogP contribution >= 0.6 is 0 Å². The van der Waals surface area contributed by atoms with E-state index in [1.54, 1.807) is 0 Å². The summed E-state index contributed by atoms with van der Waals surface area (Å²) in [7, 11) is 0. The normalized spacial score (nSPS) is 13.1. The van der Waals surface area contributed by atoms with E-state index in [2.05, 4.69) is 103 Å². The van der Waals surface area contributed by atoms with Crippen LogP contribution in [0.1, 0.15) is 104 Å². The summed E-state index contributed by atoms with van der Waals surface area (Å²) in [5, 5.41) is 21.9. The molecule has 0 amide bonds. The highest BCUT2D eigenvalue weighted by molar-refractivity contribution is 5.91. The molecule has 36 heavy (non-hydrogen) atoms. The second kappa shape index (κ2) is 13.3. The first-order valence-corrected chi connectivity index (χ1v) is 13.8. The van der Waals surface area contributed by atoms with Crippen LogP contribution in [0.5, 0.6) is 11.5 Å². The summed E-state index contributed by atoms with van der Waals surface area (Å²) in [4.78, 5) is 4.76. The predicted octanol–water partition coefficient (Wildman–Crippen LogP) is 8.07. The van der Waals surface area contributed by atoms with Crippen molar-refractivity contribution < 1.29 is 10.2 Å². The molecule has 0 unspecified atom stereocenters. The number of hydrogen-bond acceptors (Lipinski definition) is 4. The van der Waals surface area contributed by atoms with E-state index in [0.717, 1.165) is 48.2 Å². The number of rotatable bonds is 12. The van der Waals surface area contributed by atoms with E-state index in [1.165, 1.54) is 11.1 Å². The van der Waals surface area contributed by atoms with E-state index in [1.807, 2.05) is 12.1 Å². The van der Waals surface area contributed by atoms with E-state index >= 15 is 0 Å². The predicted molar refractivity (Wildman–Crippen MR) is 155 cm³/mol. The first-order chi connectivity index (χ1) is 16.9. The maximum Gasteiger partial charge on any atom is 0.120 e. The summed E-state index contributed by atoms with van der Waals surface area (Å²) in [5.74, 6) is 0.696. The number of benzene rings is 2. The van der Waals surface area contributed by atoms with Crippen molar-refractivity contribution in [1.29, 1.82) is 0 Å². The molecule has 0 aliphatic heterocycles. The maximum atomic E-state index is 10.9. The van der Waals surface area contributed by atoms with E-state index in [9.17, 15) is 10.2 Å². The molecule has 0 saturated carbocycles. The average molecular weight is 495 g/mol. The molecule has 0 radical (unpaired) electrons. The van der Waals surface area contributed by atoms with Gasteiger partial charge in [0.1, 0.15) is 11.5 Å². The van der Waals surface area contributed by atoms with Gasteiger partial charge in [-0.25, -0.2) is 0 Å². The molecule has 0 saturated heterocycles. The second-order valence-electron chi connectivity index (χ2n) is 11.1. The lowest BCUT2D eigenvalue weighted by Crippen LogP contribution is -2.36. The summed E-state index contributed by atoms with van der Waals surface area (Å²) in [6.07, 6.45) is 1.70. The van der Waals surface area contributed by atoms with E-state index in [4.69, 9.17) is 0 Å². The van der Waals surface area contributed by atoms with Gasteiger partial charge in [-0.15, -0.1) is 0 Å². The van der Waals surface area contributed by atoms with Gasteiger partial charge in [0.05, 0.1) is 0 Å². The minimum absolute atomic E-state index is 0.348. The largest absolute Gasteiger partial charge is 0.508 e. The van der Waals surface area contributed by atoms with Gasteiger partial charge < -0.3 is 10.2 Å². The fourth-order valence-corrected chi connectivity index (χ4v) is 5.27. The zero-order valence-electron chi connectivity index (χ0n) is 24.4. The molecule has 4 nitrogen and oxygen atoms in total. The maximum absolute atomic E-state index is 10.9. The minimum atomic E-state index is 0.348. The highest BCUT2D eigenvalue weighted by atomic mass is 16.3. The van der Waals surface area contributed by atoms with Crippen LogP contribution in [0.3, 0.4) is 0 Å². The van der Waals surface area contributed by atoms with Crippen LogP contribution in [0.25, 0.3) is 11.1 Å². The third-order valence-corrected chi connectivity index (χ3v) is 7.30. The molecule has 4 heteroatoms. The van der Waals surface area contributed by atoms with Gasteiger partial charge in [-0.2, -0.15) is 0 Å². The van der Waals surface area contributed by atoms with Crippen LogP contribution in [0.2, 0.25) is 0 Å². The van der Waals surface area contributed by atoms with Crippen molar-refractivity contribution in [3.05, 3.63) is 58.7 Å². The quantitative estimate of drug-likeness (QED) is 0.293. The highest BCUT2D eigenvalue weighted by Gasteiger charge is 2.19. The summed E-state index contributed by atoms with van der Waals surface area (Å²) in [5.41, 5.74) is 6.42. The van der Waals surface area contributed by atoms with Crippen molar-refractivity contribution >= 4 is 11.1 Å². The van der Waals surface area contributed by atoms with Gasteiger partial charge >= 0.3 is 0 Å². The van der Waals surface area contributed by atoms with E-state index in [0.29, 0.717) is 35.7 Å². The lowest BCUT2D eigenvalue weighted by Gasteiger charge is -2.31. The number of aromatic hydroxyl groups is 2. The van der Waals surface area contributed by atoms with Crippen LogP contribution < -0.4 is 0 Å². The SMILES string of the molecule is CC/C(=C(/CC)c1ccc(CN(C(C)C)C(C)C)c(O)c1)c1ccc(CN(C(C)C)C(C)C)c(O)c1. The highest BCUT2D eigenvalue weighted by Crippen LogP contribution is 2.36. The number of phenolic OH excluding ortho intramolecular Hbond substituents is 2. The Hall–Kier alpha value is -2.30. The summed E-state index contributed by atoms with van der Waals surface area (Å²) < 4.78 is 0. The van der Waals surface area contributed by atoms with Gasteiger partial charge in [0.15, 0.2) is 0 Å². The first kappa shape index (κ1) is 29.9. The van der Waals surface area contributed by atoms with Crippen LogP contribution in [0, 0.1) is 0 Å². The molecule has 0 spiro atoms. The molecular weight excluding hydrogens is 444 g/mol. The van der Waals surface area contributed by atoms with Crippen LogP contribution in [-0.4, -0.2) is 44.2 Å². The zero-order chi connectivity index (χ0) is 27.2. The molecule has 200 valence electrons. The molecule has 0 atom stereocenters. The molecular formula is C32H50N2O2. The fourth-order valence-electron chi connectivity index (χ4n) is 5.27. The first-order valence-electron chi connectivity index (χ1n) is 13.8. The van der Waals surface area contributed by atoms with Gasteiger partial charge in [-0.1, -0.05) is 38.1 Å². The van der Waals surface area contributed by atoms with Crippen molar-refractivity contribution in [1.82, 2.24) is 9.80 Å². The molecule has 0 aliphatic carbocycles. The Kier molecular flexibility index (Phi) is 11.1. The molecule has 2 aromatic carbocycles. The van der Waals surface area contributed by atoms with Crippen molar-refractivity contribution in [2.75, 3.05) is 0 Å². The summed E-state index contributed by atoms with van der Waals surface area (Å²) in [6, 6.07) is 13.9. The average Bonchev–Trinajstić information content (AvgIpc) is 2.79. The Morgan fingerprint density at radius 1 is 0.583 bits per heavy atom. The zero-order valence-corrected chi connectivity index (χ0v) is 24.4. The van der Waals surface area contributed by atoms with Crippen molar-refractivity contribution in [3.8, 4) is 11.5 Å². The molecule has 0 bridgehead atoms. The van der Waals surface area contributed by atoms with Crippen LogP contribution in [-0.2, 0) is 13.1 Å². The van der Waals surface area contributed by atoms with Gasteiger partial charge in [0.2, 0.25) is 0 Å². The van der Waals surface area contributed by atoms with Gasteiger partial charge in [0.25, 0.3) is 0 Å². The fraction of sp³-hybridized carbons (Fsp3) is 0.562. The topological polar surface area (TPSA) is 46.9 Å². The Morgan fingerprint density at radius 2 is 0.889 bits per heavy atom. The lowest BCUT2D eigenvalue weighted by molar-refractivity contribution is 0.164. The van der Waals surface area contributed by atoms with E-state index in [-0.39, 0.29) is 0 Å². The number of hydrogen-bond donors (Lipinski definition) is 2. The number of allylic oxidation sites excluding steroid dienone is 2. The van der Waals surface area contributed by atoms with Crippen molar-refractivity contribution in [2.24, 2.45) is 0 Å².